The molecule has 0 aromatic heterocycles. The first-order valence-electron chi connectivity index (χ1n) is 10.3. The van der Waals surface area contributed by atoms with E-state index < -0.39 is 0 Å². The highest BCUT2D eigenvalue weighted by Gasteiger charge is 2.26. The molecule has 0 aliphatic carbocycles. The fourth-order valence-electron chi connectivity index (χ4n) is 3.68. The molecule has 0 spiro atoms. The number of benzene rings is 3. The van der Waals surface area contributed by atoms with Gasteiger partial charge in [0.05, 0.1) is 7.11 Å². The lowest BCUT2D eigenvalue weighted by atomic mass is 10.1. The molecule has 4 rings (SSSR count). The molecule has 6 heteroatoms. The Labute approximate surface area is 182 Å². The van der Waals surface area contributed by atoms with E-state index in [1.54, 1.807) is 24.1 Å². The Balaban J connectivity index is 1.42. The van der Waals surface area contributed by atoms with Crippen LogP contribution in [0.15, 0.2) is 78.9 Å². The van der Waals surface area contributed by atoms with Crippen LogP contribution in [-0.4, -0.2) is 37.0 Å². The van der Waals surface area contributed by atoms with Crippen LogP contribution in [0.2, 0.25) is 0 Å². The summed E-state index contributed by atoms with van der Waals surface area (Å²) in [5.74, 6) is 0.624. The van der Waals surface area contributed by atoms with Crippen molar-refractivity contribution in [3.63, 3.8) is 0 Å². The Bertz CT molecular complexity index is 1050. The van der Waals surface area contributed by atoms with E-state index in [2.05, 4.69) is 5.32 Å². The lowest BCUT2D eigenvalue weighted by molar-refractivity contribution is 0.102. The SMILES string of the molecule is COc1cccc(CN2CCCN(c3ccc(NC(=O)c4ccccc4)cc3)C2=O)c1. The molecule has 158 valence electrons. The summed E-state index contributed by atoms with van der Waals surface area (Å²) in [4.78, 5) is 29.0. The van der Waals surface area contributed by atoms with Crippen molar-refractivity contribution in [1.82, 2.24) is 4.90 Å². The first-order valence-corrected chi connectivity index (χ1v) is 10.3. The third kappa shape index (κ3) is 4.86. The number of rotatable bonds is 6. The molecule has 1 fully saturated rings. The van der Waals surface area contributed by atoms with Crippen molar-refractivity contribution in [1.29, 1.82) is 0 Å². The second-order valence-electron chi connectivity index (χ2n) is 7.43. The summed E-state index contributed by atoms with van der Waals surface area (Å²) < 4.78 is 5.28. The Morgan fingerprint density at radius 2 is 1.74 bits per heavy atom. The zero-order valence-corrected chi connectivity index (χ0v) is 17.5. The van der Waals surface area contributed by atoms with E-state index in [-0.39, 0.29) is 11.9 Å². The largest absolute Gasteiger partial charge is 0.497 e. The van der Waals surface area contributed by atoms with Crippen molar-refractivity contribution >= 4 is 23.3 Å². The molecule has 1 N–H and O–H groups in total. The van der Waals surface area contributed by atoms with Crippen molar-refractivity contribution in [2.24, 2.45) is 0 Å². The number of hydrogen-bond donors (Lipinski definition) is 1. The highest BCUT2D eigenvalue weighted by Crippen LogP contribution is 2.24. The molecule has 0 bridgehead atoms. The first-order chi connectivity index (χ1) is 15.1. The average Bonchev–Trinajstić information content (AvgIpc) is 2.82. The Morgan fingerprint density at radius 1 is 0.968 bits per heavy atom. The van der Waals surface area contributed by atoms with Crippen molar-refractivity contribution < 1.29 is 14.3 Å². The van der Waals surface area contributed by atoms with Crippen molar-refractivity contribution in [2.45, 2.75) is 13.0 Å². The van der Waals surface area contributed by atoms with E-state index in [0.29, 0.717) is 24.3 Å². The maximum absolute atomic E-state index is 13.1. The second-order valence-corrected chi connectivity index (χ2v) is 7.43. The molecule has 0 unspecified atom stereocenters. The number of amides is 3. The van der Waals surface area contributed by atoms with Crippen LogP contribution in [-0.2, 0) is 6.54 Å². The minimum Gasteiger partial charge on any atom is -0.497 e. The Kier molecular flexibility index (Phi) is 6.17. The zero-order chi connectivity index (χ0) is 21.6. The van der Waals surface area contributed by atoms with E-state index in [4.69, 9.17) is 4.74 Å². The van der Waals surface area contributed by atoms with Crippen LogP contribution in [0.3, 0.4) is 0 Å². The maximum Gasteiger partial charge on any atom is 0.324 e. The van der Waals surface area contributed by atoms with E-state index >= 15 is 0 Å². The first kappa shape index (κ1) is 20.5. The molecule has 1 saturated heterocycles. The van der Waals surface area contributed by atoms with Crippen LogP contribution in [0.25, 0.3) is 0 Å². The van der Waals surface area contributed by atoms with E-state index in [9.17, 15) is 9.59 Å². The summed E-state index contributed by atoms with van der Waals surface area (Å²) >= 11 is 0. The summed E-state index contributed by atoms with van der Waals surface area (Å²) in [5.41, 5.74) is 3.15. The third-order valence-corrected chi connectivity index (χ3v) is 5.29. The molecule has 1 aliphatic rings. The van der Waals surface area contributed by atoms with E-state index in [1.807, 2.05) is 71.6 Å². The molecule has 0 atom stereocenters. The van der Waals surface area contributed by atoms with Gasteiger partial charge in [0.1, 0.15) is 5.75 Å². The van der Waals surface area contributed by atoms with Crippen LogP contribution in [0.1, 0.15) is 22.3 Å². The number of carbonyl (C=O) groups excluding carboxylic acids is 2. The number of urea groups is 1. The molecule has 3 aromatic carbocycles. The standard InChI is InChI=1S/C25H25N3O3/c1-31-23-10-5-7-19(17-23)18-27-15-6-16-28(25(27)30)22-13-11-21(12-14-22)26-24(29)20-8-3-2-4-9-20/h2-5,7-14,17H,6,15-16,18H2,1H3,(H,26,29). The Hall–Kier alpha value is -3.80. The number of ether oxygens (including phenoxy) is 1. The van der Waals surface area contributed by atoms with Gasteiger partial charge in [-0.15, -0.1) is 0 Å². The zero-order valence-electron chi connectivity index (χ0n) is 17.5. The van der Waals surface area contributed by atoms with Gasteiger partial charge in [0.15, 0.2) is 0 Å². The normalized spacial score (nSPS) is 13.8. The van der Waals surface area contributed by atoms with Gasteiger partial charge < -0.3 is 15.0 Å². The number of methoxy groups -OCH3 is 1. The smallest absolute Gasteiger partial charge is 0.324 e. The minimum atomic E-state index is -0.160. The summed E-state index contributed by atoms with van der Waals surface area (Å²) in [7, 11) is 1.64. The number of nitrogens with zero attached hydrogens (tertiary/aromatic N) is 2. The van der Waals surface area contributed by atoms with Crippen molar-refractivity contribution in [2.75, 3.05) is 30.4 Å². The van der Waals surface area contributed by atoms with Crippen LogP contribution in [0.5, 0.6) is 5.75 Å². The number of hydrogen-bond acceptors (Lipinski definition) is 3. The van der Waals surface area contributed by atoms with E-state index in [0.717, 1.165) is 30.0 Å². The number of anilines is 2. The number of carbonyl (C=O) groups is 2. The van der Waals surface area contributed by atoms with Crippen LogP contribution < -0.4 is 15.0 Å². The predicted molar refractivity (Wildman–Crippen MR) is 122 cm³/mol. The molecule has 1 heterocycles. The summed E-state index contributed by atoms with van der Waals surface area (Å²) in [6, 6.07) is 24.2. The summed E-state index contributed by atoms with van der Waals surface area (Å²) in [6.07, 6.45) is 0.891. The summed E-state index contributed by atoms with van der Waals surface area (Å²) in [5, 5.41) is 2.89. The van der Waals surface area contributed by atoms with Crippen LogP contribution in [0.4, 0.5) is 16.2 Å². The van der Waals surface area contributed by atoms with Gasteiger partial charge in [-0.25, -0.2) is 4.79 Å². The van der Waals surface area contributed by atoms with Gasteiger partial charge in [-0.2, -0.15) is 0 Å². The second kappa shape index (κ2) is 9.34. The lowest BCUT2D eigenvalue weighted by Crippen LogP contribution is -2.49. The average molecular weight is 415 g/mol. The van der Waals surface area contributed by atoms with Crippen LogP contribution in [0, 0.1) is 0 Å². The maximum atomic E-state index is 13.1. The van der Waals surface area contributed by atoms with Gasteiger partial charge in [0.2, 0.25) is 0 Å². The number of nitrogens with one attached hydrogen (secondary N) is 1. The fourth-order valence-corrected chi connectivity index (χ4v) is 3.68. The van der Waals surface area contributed by atoms with Crippen LogP contribution >= 0.6 is 0 Å². The van der Waals surface area contributed by atoms with Gasteiger partial charge in [-0.05, 0) is 60.5 Å². The van der Waals surface area contributed by atoms with Gasteiger partial charge in [0, 0.05) is 36.6 Å². The highest BCUT2D eigenvalue weighted by molar-refractivity contribution is 6.04. The molecular formula is C25H25N3O3. The molecule has 6 nitrogen and oxygen atoms in total. The van der Waals surface area contributed by atoms with Crippen molar-refractivity contribution in [3.05, 3.63) is 90.0 Å². The summed E-state index contributed by atoms with van der Waals surface area (Å²) in [6.45, 7) is 1.93. The minimum absolute atomic E-state index is 0.0184. The fraction of sp³-hybridized carbons (Fsp3) is 0.200. The molecule has 0 radical (unpaired) electrons. The monoisotopic (exact) mass is 415 g/mol. The Morgan fingerprint density at radius 3 is 2.48 bits per heavy atom. The topological polar surface area (TPSA) is 61.9 Å². The lowest BCUT2D eigenvalue weighted by Gasteiger charge is -2.35. The highest BCUT2D eigenvalue weighted by atomic mass is 16.5. The molecule has 0 saturated carbocycles. The molecule has 31 heavy (non-hydrogen) atoms. The predicted octanol–water partition coefficient (Wildman–Crippen LogP) is 4.78. The molecular weight excluding hydrogens is 390 g/mol. The molecule has 3 amide bonds. The van der Waals surface area contributed by atoms with E-state index in [1.165, 1.54) is 0 Å². The van der Waals surface area contributed by atoms with Gasteiger partial charge in [0.25, 0.3) is 5.91 Å². The van der Waals surface area contributed by atoms with Crippen molar-refractivity contribution in [3.8, 4) is 5.75 Å². The molecule has 1 aliphatic heterocycles. The van der Waals surface area contributed by atoms with Gasteiger partial charge >= 0.3 is 6.03 Å². The molecule has 3 aromatic rings. The quantitative estimate of drug-likeness (QED) is 0.630. The van der Waals surface area contributed by atoms with Gasteiger partial charge in [-0.1, -0.05) is 30.3 Å². The van der Waals surface area contributed by atoms with Gasteiger partial charge in [-0.3, -0.25) is 9.69 Å². The third-order valence-electron chi connectivity index (χ3n) is 5.29.